The first-order valence-corrected chi connectivity index (χ1v) is 23.4. The number of hydrogen-bond acceptors (Lipinski definition) is 4. The molecule has 0 spiro atoms. The number of thiophene rings is 1. The number of rotatable bonds is 6. The standard InChI is InChI=1S/C61H37N5S/c1-3-16-38(17-4-1)59-62-60(64-61(63-59)42-30-32-46-44-22-9-12-27-52(44)65(55(46)37-42)43-20-5-2-6-21-43)41-31-33-54(51(35-41)49-26-15-25-48-47-24-11-14-29-57(47)67-58(48)49)66-53-28-13-10-23-45(53)50-34-39-18-7-8-19-40(39)36-56(50)66/h1-37H. The first kappa shape index (κ1) is 37.6. The van der Waals surface area contributed by atoms with Gasteiger partial charge >= 0.3 is 0 Å². The van der Waals surface area contributed by atoms with E-state index in [4.69, 9.17) is 15.0 Å². The fourth-order valence-corrected chi connectivity index (χ4v) is 11.5. The average molecular weight is 872 g/mol. The summed E-state index contributed by atoms with van der Waals surface area (Å²) in [6.45, 7) is 0. The van der Waals surface area contributed by atoms with E-state index in [0.717, 1.165) is 55.7 Å². The molecule has 6 heteroatoms. The van der Waals surface area contributed by atoms with Gasteiger partial charge in [0.1, 0.15) is 0 Å². The topological polar surface area (TPSA) is 48.5 Å². The van der Waals surface area contributed by atoms with Crippen LogP contribution in [-0.4, -0.2) is 24.1 Å². The van der Waals surface area contributed by atoms with E-state index in [1.807, 2.05) is 29.5 Å². The zero-order valence-electron chi connectivity index (χ0n) is 36.0. The van der Waals surface area contributed by atoms with Crippen LogP contribution in [0.2, 0.25) is 0 Å². The lowest BCUT2D eigenvalue weighted by molar-refractivity contribution is 1.07. The van der Waals surface area contributed by atoms with Crippen LogP contribution >= 0.6 is 11.3 Å². The summed E-state index contributed by atoms with van der Waals surface area (Å²) < 4.78 is 7.31. The van der Waals surface area contributed by atoms with Crippen molar-refractivity contribution in [3.05, 3.63) is 224 Å². The molecule has 0 aliphatic carbocycles. The van der Waals surface area contributed by atoms with E-state index >= 15 is 0 Å². The molecule has 4 heterocycles. The predicted molar refractivity (Wildman–Crippen MR) is 281 cm³/mol. The molecule has 0 fully saturated rings. The van der Waals surface area contributed by atoms with Crippen LogP contribution < -0.4 is 0 Å². The van der Waals surface area contributed by atoms with E-state index in [1.165, 1.54) is 58.1 Å². The molecule has 312 valence electrons. The van der Waals surface area contributed by atoms with Crippen LogP contribution in [0.1, 0.15) is 0 Å². The molecule has 0 aliphatic rings. The number of fused-ring (bicyclic) bond motifs is 10. The maximum absolute atomic E-state index is 5.39. The van der Waals surface area contributed by atoms with E-state index in [9.17, 15) is 0 Å². The Morgan fingerprint density at radius 2 is 0.866 bits per heavy atom. The number of benzene rings is 10. The molecular weight excluding hydrogens is 835 g/mol. The average Bonchev–Trinajstić information content (AvgIpc) is 4.05. The van der Waals surface area contributed by atoms with Crippen molar-refractivity contribution in [1.29, 1.82) is 0 Å². The smallest absolute Gasteiger partial charge is 0.164 e. The van der Waals surface area contributed by atoms with Crippen molar-refractivity contribution in [2.24, 2.45) is 0 Å². The summed E-state index contributed by atoms with van der Waals surface area (Å²) in [5.74, 6) is 1.84. The molecule has 14 aromatic rings. The summed E-state index contributed by atoms with van der Waals surface area (Å²) in [6, 6.07) is 80.4. The Hall–Kier alpha value is -8.71. The van der Waals surface area contributed by atoms with Gasteiger partial charge in [-0.05, 0) is 77.5 Å². The van der Waals surface area contributed by atoms with Crippen LogP contribution in [0.25, 0.3) is 131 Å². The lowest BCUT2D eigenvalue weighted by Crippen LogP contribution is -2.02. The Balaban J connectivity index is 1.03. The minimum Gasteiger partial charge on any atom is -0.309 e. The maximum atomic E-state index is 5.39. The van der Waals surface area contributed by atoms with Gasteiger partial charge in [-0.2, -0.15) is 0 Å². The third-order valence-corrected chi connectivity index (χ3v) is 14.6. The molecule has 0 N–H and O–H groups in total. The molecule has 0 atom stereocenters. The van der Waals surface area contributed by atoms with Crippen molar-refractivity contribution in [3.8, 4) is 56.7 Å². The maximum Gasteiger partial charge on any atom is 0.164 e. The normalized spacial score (nSPS) is 11.9. The lowest BCUT2D eigenvalue weighted by atomic mass is 9.98. The molecule has 0 saturated carbocycles. The van der Waals surface area contributed by atoms with Gasteiger partial charge in [-0.1, -0.05) is 158 Å². The molecule has 5 nitrogen and oxygen atoms in total. The Morgan fingerprint density at radius 1 is 0.313 bits per heavy atom. The summed E-state index contributed by atoms with van der Waals surface area (Å²) in [5, 5.41) is 9.77. The largest absolute Gasteiger partial charge is 0.309 e. The summed E-state index contributed by atoms with van der Waals surface area (Å²) >= 11 is 1.85. The van der Waals surface area contributed by atoms with Crippen LogP contribution in [0.5, 0.6) is 0 Å². The van der Waals surface area contributed by atoms with E-state index in [0.29, 0.717) is 17.5 Å². The number of nitrogens with zero attached hydrogens (tertiary/aromatic N) is 5. The SMILES string of the molecule is c1ccc(-c2nc(-c3ccc(-n4c5ccccc5c5cc6ccccc6cc54)c(-c4cccc5c4sc4ccccc45)c3)nc(-c3ccc4c5ccccc5n(-c5ccccc5)c4c3)n2)cc1. The molecule has 0 radical (unpaired) electrons. The fraction of sp³-hybridized carbons (Fsp3) is 0. The van der Waals surface area contributed by atoms with Gasteiger partial charge in [0.2, 0.25) is 0 Å². The molecular formula is C61H37N5S. The predicted octanol–water partition coefficient (Wildman–Crippen LogP) is 16.3. The van der Waals surface area contributed by atoms with Gasteiger partial charge < -0.3 is 9.13 Å². The van der Waals surface area contributed by atoms with Crippen molar-refractivity contribution in [2.75, 3.05) is 0 Å². The van der Waals surface area contributed by atoms with Gasteiger partial charge in [-0.3, -0.25) is 0 Å². The van der Waals surface area contributed by atoms with Crippen molar-refractivity contribution >= 4 is 85.9 Å². The van der Waals surface area contributed by atoms with Gasteiger partial charge in [0, 0.05) is 75.2 Å². The fourth-order valence-electron chi connectivity index (χ4n) is 10.3. The van der Waals surface area contributed by atoms with Gasteiger partial charge in [-0.15, -0.1) is 11.3 Å². The zero-order chi connectivity index (χ0) is 44.0. The van der Waals surface area contributed by atoms with Crippen LogP contribution in [0, 0.1) is 0 Å². The van der Waals surface area contributed by atoms with Crippen molar-refractivity contribution in [1.82, 2.24) is 24.1 Å². The molecule has 4 aromatic heterocycles. The van der Waals surface area contributed by atoms with Crippen molar-refractivity contribution < 1.29 is 0 Å². The van der Waals surface area contributed by atoms with Crippen molar-refractivity contribution in [2.45, 2.75) is 0 Å². The van der Waals surface area contributed by atoms with Gasteiger partial charge in [0.25, 0.3) is 0 Å². The third kappa shape index (κ3) is 5.97. The van der Waals surface area contributed by atoms with E-state index < -0.39 is 0 Å². The van der Waals surface area contributed by atoms with Gasteiger partial charge in [0.05, 0.1) is 27.8 Å². The third-order valence-electron chi connectivity index (χ3n) is 13.3. The highest BCUT2D eigenvalue weighted by Gasteiger charge is 2.22. The molecule has 67 heavy (non-hydrogen) atoms. The zero-order valence-corrected chi connectivity index (χ0v) is 36.8. The van der Waals surface area contributed by atoms with Gasteiger partial charge in [-0.25, -0.2) is 15.0 Å². The second-order valence-electron chi connectivity index (χ2n) is 17.2. The number of para-hydroxylation sites is 3. The van der Waals surface area contributed by atoms with Crippen LogP contribution in [0.3, 0.4) is 0 Å². The van der Waals surface area contributed by atoms with Crippen LogP contribution in [0.15, 0.2) is 224 Å². The highest BCUT2D eigenvalue weighted by Crippen LogP contribution is 2.45. The summed E-state index contributed by atoms with van der Waals surface area (Å²) in [6.07, 6.45) is 0. The Labute approximate surface area is 389 Å². The van der Waals surface area contributed by atoms with E-state index in [1.54, 1.807) is 0 Å². The summed E-state index contributed by atoms with van der Waals surface area (Å²) in [7, 11) is 0. The molecule has 0 unspecified atom stereocenters. The highest BCUT2D eigenvalue weighted by atomic mass is 32.1. The quantitative estimate of drug-likeness (QED) is 0.167. The van der Waals surface area contributed by atoms with Crippen LogP contribution in [-0.2, 0) is 0 Å². The minimum atomic E-state index is 0.608. The highest BCUT2D eigenvalue weighted by molar-refractivity contribution is 7.26. The van der Waals surface area contributed by atoms with Gasteiger partial charge in [0.15, 0.2) is 17.5 Å². The first-order valence-electron chi connectivity index (χ1n) is 22.6. The number of aromatic nitrogens is 5. The molecule has 0 amide bonds. The Kier molecular flexibility index (Phi) is 8.38. The minimum absolute atomic E-state index is 0.608. The van der Waals surface area contributed by atoms with Crippen LogP contribution in [0.4, 0.5) is 0 Å². The second-order valence-corrected chi connectivity index (χ2v) is 18.2. The molecule has 10 aromatic carbocycles. The van der Waals surface area contributed by atoms with E-state index in [2.05, 4.69) is 215 Å². The second kappa shape index (κ2) is 14.9. The molecule has 0 aliphatic heterocycles. The Morgan fingerprint density at radius 3 is 1.64 bits per heavy atom. The lowest BCUT2D eigenvalue weighted by Gasteiger charge is -2.17. The Bertz CT molecular complexity index is 4280. The first-order chi connectivity index (χ1) is 33.2. The molecule has 0 saturated heterocycles. The number of hydrogen-bond donors (Lipinski definition) is 0. The summed E-state index contributed by atoms with van der Waals surface area (Å²) in [4.78, 5) is 15.9. The molecule has 0 bridgehead atoms. The molecule has 14 rings (SSSR count). The van der Waals surface area contributed by atoms with E-state index in [-0.39, 0.29) is 0 Å². The monoisotopic (exact) mass is 871 g/mol. The summed E-state index contributed by atoms with van der Waals surface area (Å²) in [5.41, 5.74) is 11.8. The van der Waals surface area contributed by atoms with Crippen molar-refractivity contribution in [3.63, 3.8) is 0 Å².